The van der Waals surface area contributed by atoms with Gasteiger partial charge in [0.1, 0.15) is 5.69 Å². The fourth-order valence-electron chi connectivity index (χ4n) is 2.71. The van der Waals surface area contributed by atoms with Crippen LogP contribution in [-0.2, 0) is 6.54 Å². The second-order valence-electron chi connectivity index (χ2n) is 5.99. The Morgan fingerprint density at radius 3 is 2.62 bits per heavy atom. The van der Waals surface area contributed by atoms with E-state index in [4.69, 9.17) is 0 Å². The zero-order chi connectivity index (χ0) is 18.4. The zero-order valence-electron chi connectivity index (χ0n) is 15.0. The Morgan fingerprint density at radius 2 is 1.88 bits per heavy atom. The van der Waals surface area contributed by atoms with E-state index < -0.39 is 0 Å². The third-order valence-electron chi connectivity index (χ3n) is 4.04. The predicted molar refractivity (Wildman–Crippen MR) is 104 cm³/mol. The number of aromatic nitrogens is 2. The van der Waals surface area contributed by atoms with E-state index in [9.17, 15) is 4.79 Å². The lowest BCUT2D eigenvalue weighted by atomic mass is 10.2. The second kappa shape index (κ2) is 8.25. The molecule has 0 spiro atoms. The molecule has 26 heavy (non-hydrogen) atoms. The van der Waals surface area contributed by atoms with Gasteiger partial charge in [0.25, 0.3) is 5.91 Å². The molecule has 0 aliphatic carbocycles. The Hall–Kier alpha value is -3.21. The van der Waals surface area contributed by atoms with E-state index in [0.29, 0.717) is 24.7 Å². The summed E-state index contributed by atoms with van der Waals surface area (Å²) in [4.78, 5) is 23.3. The first-order valence-electron chi connectivity index (χ1n) is 8.66. The molecule has 0 unspecified atom stereocenters. The highest BCUT2D eigenvalue weighted by Gasteiger charge is 2.14. The van der Waals surface area contributed by atoms with Gasteiger partial charge < -0.3 is 10.2 Å². The fourth-order valence-corrected chi connectivity index (χ4v) is 2.71. The van der Waals surface area contributed by atoms with Crippen molar-refractivity contribution in [3.05, 3.63) is 83.7 Å². The number of benzene rings is 2. The number of nitrogens with zero attached hydrogens (tertiary/aromatic N) is 3. The van der Waals surface area contributed by atoms with Crippen LogP contribution < -0.4 is 10.2 Å². The summed E-state index contributed by atoms with van der Waals surface area (Å²) in [6, 6.07) is 19.6. The number of aryl methyl sites for hydroxylation is 1. The van der Waals surface area contributed by atoms with Gasteiger partial charge in [0.05, 0.1) is 0 Å². The normalized spacial score (nSPS) is 10.4. The molecule has 5 nitrogen and oxygen atoms in total. The van der Waals surface area contributed by atoms with Gasteiger partial charge >= 0.3 is 0 Å². The van der Waals surface area contributed by atoms with E-state index in [1.54, 1.807) is 12.3 Å². The van der Waals surface area contributed by atoms with Gasteiger partial charge in [-0.1, -0.05) is 42.5 Å². The average Bonchev–Trinajstić information content (AvgIpc) is 2.68. The molecular weight excluding hydrogens is 324 g/mol. The molecule has 3 rings (SSSR count). The quantitative estimate of drug-likeness (QED) is 0.736. The molecule has 1 aromatic heterocycles. The molecule has 1 amide bonds. The Labute approximate surface area is 153 Å². The minimum Gasteiger partial charge on any atom is -0.347 e. The maximum atomic E-state index is 12.5. The van der Waals surface area contributed by atoms with Gasteiger partial charge in [-0.15, -0.1) is 0 Å². The standard InChI is InChI=1S/C21H22N4O/c1-3-25(18-11-7-8-16(2)14-18)21-22-13-12-19(24-21)20(26)23-15-17-9-5-4-6-10-17/h4-14H,3,15H2,1-2H3,(H,23,26). The largest absolute Gasteiger partial charge is 0.347 e. The van der Waals surface area contributed by atoms with Crippen molar-refractivity contribution < 1.29 is 4.79 Å². The summed E-state index contributed by atoms with van der Waals surface area (Å²) in [6.07, 6.45) is 1.62. The third-order valence-corrected chi connectivity index (χ3v) is 4.04. The Bertz CT molecular complexity index is 880. The van der Waals surface area contributed by atoms with Crippen LogP contribution in [-0.4, -0.2) is 22.4 Å². The molecular formula is C21H22N4O. The van der Waals surface area contributed by atoms with Gasteiger partial charge in [-0.2, -0.15) is 0 Å². The molecule has 0 radical (unpaired) electrons. The van der Waals surface area contributed by atoms with Crippen LogP contribution in [0.3, 0.4) is 0 Å². The van der Waals surface area contributed by atoms with Crippen molar-refractivity contribution in [3.8, 4) is 0 Å². The smallest absolute Gasteiger partial charge is 0.270 e. The first-order chi connectivity index (χ1) is 12.7. The first kappa shape index (κ1) is 17.6. The van der Waals surface area contributed by atoms with E-state index in [1.165, 1.54) is 0 Å². The summed E-state index contributed by atoms with van der Waals surface area (Å²) in [5.41, 5.74) is 3.58. The summed E-state index contributed by atoms with van der Waals surface area (Å²) < 4.78 is 0. The van der Waals surface area contributed by atoms with Crippen LogP contribution in [0.25, 0.3) is 0 Å². The first-order valence-corrected chi connectivity index (χ1v) is 8.66. The van der Waals surface area contributed by atoms with E-state index in [-0.39, 0.29) is 5.91 Å². The summed E-state index contributed by atoms with van der Waals surface area (Å²) in [5, 5.41) is 2.90. The number of amides is 1. The Kier molecular flexibility index (Phi) is 5.59. The van der Waals surface area contributed by atoms with Crippen molar-refractivity contribution in [2.24, 2.45) is 0 Å². The maximum absolute atomic E-state index is 12.5. The summed E-state index contributed by atoms with van der Waals surface area (Å²) in [6.45, 7) is 5.26. The van der Waals surface area contributed by atoms with Crippen LogP contribution in [0.5, 0.6) is 0 Å². The average molecular weight is 346 g/mol. The molecule has 1 N–H and O–H groups in total. The Balaban J connectivity index is 1.77. The van der Waals surface area contributed by atoms with Crippen LogP contribution in [0, 0.1) is 6.92 Å². The number of hydrogen-bond acceptors (Lipinski definition) is 4. The van der Waals surface area contributed by atoms with Crippen molar-refractivity contribution in [1.29, 1.82) is 0 Å². The number of carbonyl (C=O) groups excluding carboxylic acids is 1. The lowest BCUT2D eigenvalue weighted by molar-refractivity contribution is 0.0946. The lowest BCUT2D eigenvalue weighted by Crippen LogP contribution is -2.25. The fraction of sp³-hybridized carbons (Fsp3) is 0.190. The van der Waals surface area contributed by atoms with Crippen LogP contribution in [0.4, 0.5) is 11.6 Å². The van der Waals surface area contributed by atoms with Crippen LogP contribution in [0.15, 0.2) is 66.9 Å². The highest BCUT2D eigenvalue weighted by molar-refractivity contribution is 5.92. The van der Waals surface area contributed by atoms with Crippen molar-refractivity contribution in [1.82, 2.24) is 15.3 Å². The summed E-state index contributed by atoms with van der Waals surface area (Å²) >= 11 is 0. The number of rotatable bonds is 6. The van der Waals surface area contributed by atoms with Gasteiger partial charge in [0.15, 0.2) is 0 Å². The number of hydrogen-bond donors (Lipinski definition) is 1. The van der Waals surface area contributed by atoms with Gasteiger partial charge in [-0.05, 0) is 43.2 Å². The monoisotopic (exact) mass is 346 g/mol. The van der Waals surface area contributed by atoms with Crippen molar-refractivity contribution in [2.45, 2.75) is 20.4 Å². The molecule has 0 saturated heterocycles. The molecule has 3 aromatic rings. The number of anilines is 2. The maximum Gasteiger partial charge on any atom is 0.270 e. The lowest BCUT2D eigenvalue weighted by Gasteiger charge is -2.21. The molecule has 1 heterocycles. The second-order valence-corrected chi connectivity index (χ2v) is 5.99. The molecule has 0 atom stereocenters. The van der Waals surface area contributed by atoms with Gasteiger partial charge in [0.2, 0.25) is 5.95 Å². The molecule has 0 bridgehead atoms. The Morgan fingerprint density at radius 1 is 1.08 bits per heavy atom. The summed E-state index contributed by atoms with van der Waals surface area (Å²) in [7, 11) is 0. The molecule has 0 saturated carbocycles. The molecule has 0 aliphatic rings. The highest BCUT2D eigenvalue weighted by atomic mass is 16.1. The molecule has 132 valence electrons. The molecule has 5 heteroatoms. The topological polar surface area (TPSA) is 58.1 Å². The van der Waals surface area contributed by atoms with Crippen LogP contribution in [0.1, 0.15) is 28.5 Å². The van der Waals surface area contributed by atoms with Crippen molar-refractivity contribution >= 4 is 17.5 Å². The summed E-state index contributed by atoms with van der Waals surface area (Å²) in [5.74, 6) is 0.309. The van der Waals surface area contributed by atoms with Crippen molar-refractivity contribution in [2.75, 3.05) is 11.4 Å². The zero-order valence-corrected chi connectivity index (χ0v) is 15.0. The third kappa shape index (κ3) is 4.25. The number of carbonyl (C=O) groups is 1. The van der Waals surface area contributed by atoms with E-state index >= 15 is 0 Å². The molecule has 0 aliphatic heterocycles. The predicted octanol–water partition coefficient (Wildman–Crippen LogP) is 3.87. The highest BCUT2D eigenvalue weighted by Crippen LogP contribution is 2.22. The van der Waals surface area contributed by atoms with Crippen molar-refractivity contribution in [3.63, 3.8) is 0 Å². The SMILES string of the molecule is CCN(c1cccc(C)c1)c1nccc(C(=O)NCc2ccccc2)n1. The van der Waals surface area contributed by atoms with E-state index in [2.05, 4.69) is 21.4 Å². The molecule has 0 fully saturated rings. The number of nitrogens with one attached hydrogen (secondary N) is 1. The van der Waals surface area contributed by atoms with Gasteiger partial charge in [0, 0.05) is 25.0 Å². The van der Waals surface area contributed by atoms with Crippen LogP contribution >= 0.6 is 0 Å². The minimum absolute atomic E-state index is 0.210. The minimum atomic E-state index is -0.210. The van der Waals surface area contributed by atoms with E-state index in [1.807, 2.05) is 67.3 Å². The molecule has 2 aromatic carbocycles. The van der Waals surface area contributed by atoms with Gasteiger partial charge in [-0.3, -0.25) is 4.79 Å². The van der Waals surface area contributed by atoms with E-state index in [0.717, 1.165) is 16.8 Å². The van der Waals surface area contributed by atoms with Crippen LogP contribution in [0.2, 0.25) is 0 Å². The van der Waals surface area contributed by atoms with Gasteiger partial charge in [-0.25, -0.2) is 9.97 Å².